The van der Waals surface area contributed by atoms with Gasteiger partial charge in [-0.3, -0.25) is 4.79 Å². The fourth-order valence-electron chi connectivity index (χ4n) is 3.27. The van der Waals surface area contributed by atoms with Crippen molar-refractivity contribution in [2.75, 3.05) is 31.1 Å². The number of piperazine rings is 1. The molecule has 1 aliphatic heterocycles. The van der Waals surface area contributed by atoms with E-state index in [1.54, 1.807) is 0 Å². The molecule has 1 amide bonds. The van der Waals surface area contributed by atoms with E-state index in [0.29, 0.717) is 25.9 Å². The predicted octanol–water partition coefficient (Wildman–Crippen LogP) is 1.64. The molecular formula is C16H22N2O2. The van der Waals surface area contributed by atoms with Crippen molar-refractivity contribution in [3.63, 3.8) is 0 Å². The fraction of sp³-hybridized carbons (Fsp3) is 0.562. The van der Waals surface area contributed by atoms with Gasteiger partial charge in [-0.25, -0.2) is 0 Å². The zero-order valence-electron chi connectivity index (χ0n) is 11.8. The van der Waals surface area contributed by atoms with Crippen LogP contribution in [0.3, 0.4) is 0 Å². The van der Waals surface area contributed by atoms with Crippen molar-refractivity contribution in [2.24, 2.45) is 0 Å². The number of rotatable bonds is 2. The minimum atomic E-state index is -1.07. The molecule has 1 N–H and O–H groups in total. The van der Waals surface area contributed by atoms with Gasteiger partial charge in [0.15, 0.2) is 0 Å². The molecule has 20 heavy (non-hydrogen) atoms. The monoisotopic (exact) mass is 274 g/mol. The second-order valence-corrected chi connectivity index (χ2v) is 5.85. The maximum absolute atomic E-state index is 12.4. The molecule has 2 fully saturated rings. The molecule has 1 aliphatic carbocycles. The number of aliphatic hydroxyl groups is 1. The Labute approximate surface area is 120 Å². The van der Waals surface area contributed by atoms with E-state index in [9.17, 15) is 9.90 Å². The lowest BCUT2D eigenvalue weighted by Crippen LogP contribution is -2.55. The van der Waals surface area contributed by atoms with Gasteiger partial charge in [0.05, 0.1) is 0 Å². The number of carbonyl (C=O) groups excluding carboxylic acids is 1. The summed E-state index contributed by atoms with van der Waals surface area (Å²) in [4.78, 5) is 16.6. The van der Waals surface area contributed by atoms with Crippen LogP contribution in [0.1, 0.15) is 25.7 Å². The molecule has 0 bridgehead atoms. The van der Waals surface area contributed by atoms with Gasteiger partial charge in [0.1, 0.15) is 5.60 Å². The van der Waals surface area contributed by atoms with Crippen LogP contribution in [-0.2, 0) is 4.79 Å². The molecule has 0 spiro atoms. The molecule has 0 radical (unpaired) electrons. The van der Waals surface area contributed by atoms with Gasteiger partial charge < -0.3 is 14.9 Å². The highest BCUT2D eigenvalue weighted by Crippen LogP contribution is 2.31. The number of nitrogens with zero attached hydrogens (tertiary/aromatic N) is 2. The molecule has 1 saturated heterocycles. The first-order valence-corrected chi connectivity index (χ1v) is 7.51. The minimum absolute atomic E-state index is 0.0530. The van der Waals surface area contributed by atoms with Crippen LogP contribution >= 0.6 is 0 Å². The fourth-order valence-corrected chi connectivity index (χ4v) is 3.27. The van der Waals surface area contributed by atoms with Gasteiger partial charge in [-0.15, -0.1) is 0 Å². The highest BCUT2D eigenvalue weighted by molar-refractivity contribution is 5.85. The van der Waals surface area contributed by atoms with Crippen LogP contribution in [0.15, 0.2) is 30.3 Å². The highest BCUT2D eigenvalue weighted by Gasteiger charge is 2.42. The largest absolute Gasteiger partial charge is 0.380 e. The maximum Gasteiger partial charge on any atom is 0.254 e. The number of benzene rings is 1. The summed E-state index contributed by atoms with van der Waals surface area (Å²) < 4.78 is 0. The summed E-state index contributed by atoms with van der Waals surface area (Å²) in [7, 11) is 0. The van der Waals surface area contributed by atoms with E-state index in [1.165, 1.54) is 5.69 Å². The molecule has 3 rings (SSSR count). The van der Waals surface area contributed by atoms with Gasteiger partial charge in [0.25, 0.3) is 5.91 Å². The van der Waals surface area contributed by atoms with Crippen LogP contribution < -0.4 is 4.90 Å². The molecule has 0 atom stereocenters. The topological polar surface area (TPSA) is 43.8 Å². The zero-order valence-corrected chi connectivity index (χ0v) is 11.8. The van der Waals surface area contributed by atoms with Crippen molar-refractivity contribution in [3.05, 3.63) is 30.3 Å². The Bertz CT molecular complexity index is 461. The van der Waals surface area contributed by atoms with Crippen molar-refractivity contribution in [1.82, 2.24) is 4.90 Å². The van der Waals surface area contributed by atoms with Crippen molar-refractivity contribution in [3.8, 4) is 0 Å². The average Bonchev–Trinajstić information content (AvgIpc) is 2.96. The normalized spacial score (nSPS) is 22.1. The number of hydrogen-bond acceptors (Lipinski definition) is 3. The van der Waals surface area contributed by atoms with Crippen molar-refractivity contribution in [1.29, 1.82) is 0 Å². The summed E-state index contributed by atoms with van der Waals surface area (Å²) in [6.45, 7) is 3.09. The van der Waals surface area contributed by atoms with Crippen LogP contribution in [0.4, 0.5) is 5.69 Å². The summed E-state index contributed by atoms with van der Waals surface area (Å²) in [5, 5.41) is 10.4. The first kappa shape index (κ1) is 13.4. The number of hydrogen-bond donors (Lipinski definition) is 1. The molecule has 0 unspecified atom stereocenters. The summed E-state index contributed by atoms with van der Waals surface area (Å²) in [5.41, 5.74) is 0.133. The third-order valence-electron chi connectivity index (χ3n) is 4.52. The van der Waals surface area contributed by atoms with Crippen LogP contribution in [-0.4, -0.2) is 47.7 Å². The van der Waals surface area contributed by atoms with E-state index in [0.717, 1.165) is 25.9 Å². The molecule has 1 saturated carbocycles. The average molecular weight is 274 g/mol. The van der Waals surface area contributed by atoms with E-state index >= 15 is 0 Å². The van der Waals surface area contributed by atoms with E-state index in [2.05, 4.69) is 17.0 Å². The van der Waals surface area contributed by atoms with Crippen molar-refractivity contribution >= 4 is 11.6 Å². The molecule has 1 heterocycles. The Morgan fingerprint density at radius 2 is 1.60 bits per heavy atom. The van der Waals surface area contributed by atoms with Crippen molar-refractivity contribution in [2.45, 2.75) is 31.3 Å². The third-order valence-corrected chi connectivity index (χ3v) is 4.52. The van der Waals surface area contributed by atoms with Crippen LogP contribution in [0, 0.1) is 0 Å². The molecule has 0 aromatic heterocycles. The van der Waals surface area contributed by atoms with E-state index in [1.807, 2.05) is 23.1 Å². The second-order valence-electron chi connectivity index (χ2n) is 5.85. The Balaban J connectivity index is 1.60. The Hall–Kier alpha value is -1.55. The van der Waals surface area contributed by atoms with Crippen LogP contribution in [0.25, 0.3) is 0 Å². The smallest absolute Gasteiger partial charge is 0.254 e. The number of anilines is 1. The zero-order chi connectivity index (χ0) is 14.0. The van der Waals surface area contributed by atoms with Gasteiger partial charge in [-0.05, 0) is 37.8 Å². The Kier molecular flexibility index (Phi) is 3.66. The van der Waals surface area contributed by atoms with E-state index in [-0.39, 0.29) is 5.91 Å². The second kappa shape index (κ2) is 5.44. The molecular weight excluding hydrogens is 252 g/mol. The lowest BCUT2D eigenvalue weighted by Gasteiger charge is -2.39. The summed E-state index contributed by atoms with van der Waals surface area (Å²) in [5.74, 6) is -0.0530. The first-order valence-electron chi connectivity index (χ1n) is 7.51. The van der Waals surface area contributed by atoms with Gasteiger partial charge >= 0.3 is 0 Å². The van der Waals surface area contributed by atoms with Gasteiger partial charge in [0.2, 0.25) is 0 Å². The molecule has 108 valence electrons. The predicted molar refractivity (Wildman–Crippen MR) is 78.7 cm³/mol. The van der Waals surface area contributed by atoms with E-state index in [4.69, 9.17) is 0 Å². The molecule has 2 aliphatic rings. The van der Waals surface area contributed by atoms with Crippen molar-refractivity contribution < 1.29 is 9.90 Å². The summed E-state index contributed by atoms with van der Waals surface area (Å²) >= 11 is 0. The van der Waals surface area contributed by atoms with Gasteiger partial charge in [0, 0.05) is 31.9 Å². The number of carbonyl (C=O) groups is 1. The Morgan fingerprint density at radius 1 is 1.00 bits per heavy atom. The number of amides is 1. The molecule has 4 heteroatoms. The third kappa shape index (κ3) is 2.52. The lowest BCUT2D eigenvalue weighted by molar-refractivity contribution is -0.151. The SMILES string of the molecule is O=C(N1CCN(c2ccccc2)CC1)C1(O)CCCC1. The van der Waals surface area contributed by atoms with E-state index < -0.39 is 5.60 Å². The molecule has 1 aromatic carbocycles. The quantitative estimate of drug-likeness (QED) is 0.891. The highest BCUT2D eigenvalue weighted by atomic mass is 16.3. The Morgan fingerprint density at radius 3 is 2.20 bits per heavy atom. The standard InChI is InChI=1S/C16H22N2O2/c19-15(16(20)8-4-5-9-16)18-12-10-17(11-13-18)14-6-2-1-3-7-14/h1-3,6-7,20H,4-5,8-13H2. The summed E-state index contributed by atoms with van der Waals surface area (Å²) in [6.07, 6.45) is 3.19. The van der Waals surface area contributed by atoms with Crippen LogP contribution in [0.2, 0.25) is 0 Å². The van der Waals surface area contributed by atoms with Gasteiger partial charge in [-0.1, -0.05) is 18.2 Å². The summed E-state index contributed by atoms with van der Waals surface area (Å²) in [6, 6.07) is 10.3. The molecule has 4 nitrogen and oxygen atoms in total. The minimum Gasteiger partial charge on any atom is -0.380 e. The first-order chi connectivity index (χ1) is 9.69. The molecule has 1 aromatic rings. The lowest BCUT2D eigenvalue weighted by atomic mass is 10.00. The number of para-hydroxylation sites is 1. The van der Waals surface area contributed by atoms with Gasteiger partial charge in [-0.2, -0.15) is 0 Å². The maximum atomic E-state index is 12.4. The van der Waals surface area contributed by atoms with Crippen LogP contribution in [0.5, 0.6) is 0 Å².